The molecule has 0 bridgehead atoms. The second-order valence-electron chi connectivity index (χ2n) is 4.28. The maximum absolute atomic E-state index is 12.5. The number of ether oxygens (including phenoxy) is 1. The molecule has 1 aliphatic rings. The molecule has 1 aromatic heterocycles. The molecule has 0 spiro atoms. The summed E-state index contributed by atoms with van der Waals surface area (Å²) >= 11 is 0. The molecule has 1 aromatic carbocycles. The molecule has 0 atom stereocenters. The van der Waals surface area contributed by atoms with E-state index in [4.69, 9.17) is 9.15 Å². The standard InChI is InChI=1S/C14H10O5/c1-6-10-7(5-19-6)13(16)11-8(15)3-4-9(18-2)12(11)14(10)17/h3-5,15H,1-2H3. The predicted molar refractivity (Wildman–Crippen MR) is 65.0 cm³/mol. The number of fused-ring (bicyclic) bond motifs is 2. The minimum atomic E-state index is -0.433. The molecule has 0 saturated heterocycles. The number of aryl methyl sites for hydroxylation is 1. The average Bonchev–Trinajstić information content (AvgIpc) is 2.78. The molecule has 2 aromatic rings. The van der Waals surface area contributed by atoms with E-state index in [9.17, 15) is 14.7 Å². The highest BCUT2D eigenvalue weighted by atomic mass is 16.5. The van der Waals surface area contributed by atoms with E-state index >= 15 is 0 Å². The fraction of sp³-hybridized carbons (Fsp3) is 0.143. The molecule has 1 N–H and O–H groups in total. The van der Waals surface area contributed by atoms with Crippen LogP contribution in [-0.4, -0.2) is 23.8 Å². The molecule has 5 nitrogen and oxygen atoms in total. The lowest BCUT2D eigenvalue weighted by Crippen LogP contribution is -2.21. The van der Waals surface area contributed by atoms with Gasteiger partial charge >= 0.3 is 0 Å². The molecule has 0 aliphatic heterocycles. The number of benzene rings is 1. The summed E-state index contributed by atoms with van der Waals surface area (Å²) in [5.41, 5.74) is 0.474. The van der Waals surface area contributed by atoms with Crippen LogP contribution in [0.25, 0.3) is 0 Å². The van der Waals surface area contributed by atoms with E-state index in [1.165, 1.54) is 25.5 Å². The zero-order valence-electron chi connectivity index (χ0n) is 10.3. The monoisotopic (exact) mass is 258 g/mol. The topological polar surface area (TPSA) is 76.7 Å². The van der Waals surface area contributed by atoms with E-state index in [1.807, 2.05) is 0 Å². The van der Waals surface area contributed by atoms with Gasteiger partial charge in [-0.2, -0.15) is 0 Å². The number of ketones is 2. The van der Waals surface area contributed by atoms with Crippen LogP contribution in [0.5, 0.6) is 11.5 Å². The number of hydrogen-bond donors (Lipinski definition) is 1. The number of aromatic hydroxyl groups is 1. The lowest BCUT2D eigenvalue weighted by Gasteiger charge is -2.17. The molecule has 0 fully saturated rings. The maximum atomic E-state index is 12.5. The van der Waals surface area contributed by atoms with Gasteiger partial charge in [0.25, 0.3) is 0 Å². The van der Waals surface area contributed by atoms with Crippen LogP contribution in [0.15, 0.2) is 22.8 Å². The number of methoxy groups -OCH3 is 1. The van der Waals surface area contributed by atoms with Gasteiger partial charge in [0.15, 0.2) is 0 Å². The third-order valence-corrected chi connectivity index (χ3v) is 3.27. The SMILES string of the molecule is COc1ccc(O)c2c1C(=O)c1c(coc1C)C2=O. The molecule has 0 unspecified atom stereocenters. The quantitative estimate of drug-likeness (QED) is 0.723. The largest absolute Gasteiger partial charge is 0.507 e. The summed E-state index contributed by atoms with van der Waals surface area (Å²) < 4.78 is 10.2. The first-order chi connectivity index (χ1) is 9.06. The van der Waals surface area contributed by atoms with Crippen molar-refractivity contribution in [1.29, 1.82) is 0 Å². The van der Waals surface area contributed by atoms with E-state index < -0.39 is 5.78 Å². The molecule has 0 saturated carbocycles. The van der Waals surface area contributed by atoms with E-state index in [1.54, 1.807) is 6.92 Å². The number of carbonyl (C=O) groups is 2. The fourth-order valence-corrected chi connectivity index (χ4v) is 2.36. The van der Waals surface area contributed by atoms with Crippen LogP contribution < -0.4 is 4.74 Å². The molecule has 96 valence electrons. The van der Waals surface area contributed by atoms with Gasteiger partial charge in [0.1, 0.15) is 23.5 Å². The Hall–Kier alpha value is -2.56. The van der Waals surface area contributed by atoms with Crippen molar-refractivity contribution in [3.8, 4) is 11.5 Å². The Bertz CT molecular complexity index is 724. The molecule has 0 amide bonds. The van der Waals surface area contributed by atoms with Gasteiger partial charge in [-0.3, -0.25) is 9.59 Å². The summed E-state index contributed by atoms with van der Waals surface area (Å²) in [4.78, 5) is 24.8. The Kier molecular flexibility index (Phi) is 2.25. The molecule has 0 radical (unpaired) electrons. The number of hydrogen-bond acceptors (Lipinski definition) is 5. The minimum absolute atomic E-state index is 0.0300. The van der Waals surface area contributed by atoms with Gasteiger partial charge < -0.3 is 14.3 Å². The van der Waals surface area contributed by atoms with Crippen molar-refractivity contribution >= 4 is 11.6 Å². The first-order valence-corrected chi connectivity index (χ1v) is 5.63. The lowest BCUT2D eigenvalue weighted by atomic mass is 9.84. The zero-order valence-corrected chi connectivity index (χ0v) is 10.3. The van der Waals surface area contributed by atoms with Gasteiger partial charge in [0.05, 0.1) is 29.4 Å². The second kappa shape index (κ2) is 3.71. The molecule has 3 rings (SSSR count). The fourth-order valence-electron chi connectivity index (χ4n) is 2.36. The second-order valence-corrected chi connectivity index (χ2v) is 4.28. The van der Waals surface area contributed by atoms with Crippen molar-refractivity contribution in [3.05, 3.63) is 46.4 Å². The van der Waals surface area contributed by atoms with Crippen molar-refractivity contribution < 1.29 is 23.8 Å². The first-order valence-electron chi connectivity index (χ1n) is 5.63. The van der Waals surface area contributed by atoms with Gasteiger partial charge in [-0.25, -0.2) is 0 Å². The van der Waals surface area contributed by atoms with Crippen molar-refractivity contribution in [2.45, 2.75) is 6.92 Å². The van der Waals surface area contributed by atoms with Crippen LogP contribution in [0, 0.1) is 6.92 Å². The summed E-state index contributed by atoms with van der Waals surface area (Å²) in [5.74, 6) is -0.401. The Morgan fingerprint density at radius 1 is 1.11 bits per heavy atom. The van der Waals surface area contributed by atoms with Gasteiger partial charge in [0.2, 0.25) is 11.6 Å². The first kappa shape index (κ1) is 11.5. The number of phenols is 1. The Morgan fingerprint density at radius 3 is 2.53 bits per heavy atom. The smallest absolute Gasteiger partial charge is 0.201 e. The molecular weight excluding hydrogens is 248 g/mol. The van der Waals surface area contributed by atoms with Crippen LogP contribution in [-0.2, 0) is 0 Å². The Labute approximate surface area is 108 Å². The molecule has 1 heterocycles. The zero-order chi connectivity index (χ0) is 13.7. The predicted octanol–water partition coefficient (Wildman–Crippen LogP) is 2.08. The number of rotatable bonds is 1. The maximum Gasteiger partial charge on any atom is 0.201 e. The highest BCUT2D eigenvalue weighted by Crippen LogP contribution is 2.39. The van der Waals surface area contributed by atoms with Crippen molar-refractivity contribution in [3.63, 3.8) is 0 Å². The third kappa shape index (κ3) is 1.35. The molecule has 5 heteroatoms. The molecular formula is C14H10O5. The lowest BCUT2D eigenvalue weighted by molar-refractivity contribution is 0.0974. The third-order valence-electron chi connectivity index (χ3n) is 3.27. The van der Waals surface area contributed by atoms with E-state index in [2.05, 4.69) is 0 Å². The molecule has 19 heavy (non-hydrogen) atoms. The number of phenolic OH excluding ortho intramolecular Hbond substituents is 1. The van der Waals surface area contributed by atoms with Gasteiger partial charge in [-0.15, -0.1) is 0 Å². The minimum Gasteiger partial charge on any atom is -0.507 e. The van der Waals surface area contributed by atoms with Gasteiger partial charge in [0, 0.05) is 0 Å². The summed E-state index contributed by atoms with van der Waals surface area (Å²) in [5, 5.41) is 9.84. The van der Waals surface area contributed by atoms with Crippen LogP contribution >= 0.6 is 0 Å². The normalized spacial score (nSPS) is 13.2. The van der Waals surface area contributed by atoms with E-state index in [0.29, 0.717) is 5.76 Å². The van der Waals surface area contributed by atoms with Crippen molar-refractivity contribution in [2.75, 3.05) is 7.11 Å². The Balaban J connectivity index is 2.40. The van der Waals surface area contributed by atoms with Gasteiger partial charge in [-0.05, 0) is 19.1 Å². The highest BCUT2D eigenvalue weighted by molar-refractivity contribution is 6.30. The summed E-state index contributed by atoms with van der Waals surface area (Å²) in [6.45, 7) is 1.62. The summed E-state index contributed by atoms with van der Waals surface area (Å²) in [6.07, 6.45) is 1.24. The van der Waals surface area contributed by atoms with Gasteiger partial charge in [-0.1, -0.05) is 0 Å². The van der Waals surface area contributed by atoms with Crippen LogP contribution in [0.1, 0.15) is 37.6 Å². The van der Waals surface area contributed by atoms with Crippen molar-refractivity contribution in [1.82, 2.24) is 0 Å². The van der Waals surface area contributed by atoms with Crippen LogP contribution in [0.2, 0.25) is 0 Å². The Morgan fingerprint density at radius 2 is 1.84 bits per heavy atom. The van der Waals surface area contributed by atoms with Crippen molar-refractivity contribution in [2.24, 2.45) is 0 Å². The van der Waals surface area contributed by atoms with Crippen LogP contribution in [0.3, 0.4) is 0 Å². The number of furan rings is 1. The number of carbonyl (C=O) groups excluding carboxylic acids is 2. The molecule has 1 aliphatic carbocycles. The highest BCUT2D eigenvalue weighted by Gasteiger charge is 2.37. The van der Waals surface area contributed by atoms with Crippen LogP contribution in [0.4, 0.5) is 0 Å². The summed E-state index contributed by atoms with van der Waals surface area (Å²) in [6, 6.07) is 2.79. The summed E-state index contributed by atoms with van der Waals surface area (Å²) in [7, 11) is 1.40. The van der Waals surface area contributed by atoms with E-state index in [-0.39, 0.29) is 39.5 Å². The average molecular weight is 258 g/mol. The van der Waals surface area contributed by atoms with E-state index in [0.717, 1.165) is 0 Å².